The molecule has 1 saturated heterocycles. The predicted octanol–water partition coefficient (Wildman–Crippen LogP) is 1.40. The zero-order valence-corrected chi connectivity index (χ0v) is 10.2. The van der Waals surface area contributed by atoms with Gasteiger partial charge < -0.3 is 20.3 Å². The van der Waals surface area contributed by atoms with E-state index in [2.05, 4.69) is 5.32 Å². The molecule has 0 radical (unpaired) electrons. The summed E-state index contributed by atoms with van der Waals surface area (Å²) < 4.78 is 5.40. The summed E-state index contributed by atoms with van der Waals surface area (Å²) in [4.78, 5) is 12.0. The summed E-state index contributed by atoms with van der Waals surface area (Å²) in [6.07, 6.45) is 1.64. The molecule has 1 heterocycles. The lowest BCUT2D eigenvalue weighted by Gasteiger charge is -2.28. The van der Waals surface area contributed by atoms with Crippen LogP contribution in [0.2, 0.25) is 0 Å². The van der Waals surface area contributed by atoms with E-state index in [9.17, 15) is 15.0 Å². The number of amides is 1. The van der Waals surface area contributed by atoms with Gasteiger partial charge in [-0.05, 0) is 38.0 Å². The standard InChI is InChI=1S/C13H17NO4/c1-8-6-9(4-5-18-8)14-13(17)11-7-10(15)2-3-12(11)16/h2-3,7-9,15-16H,4-6H2,1H3,(H,14,17). The van der Waals surface area contributed by atoms with E-state index in [4.69, 9.17) is 4.74 Å². The van der Waals surface area contributed by atoms with Crippen LogP contribution in [0.3, 0.4) is 0 Å². The molecule has 0 spiro atoms. The molecule has 0 aliphatic carbocycles. The Morgan fingerprint density at radius 3 is 2.94 bits per heavy atom. The maximum Gasteiger partial charge on any atom is 0.255 e. The van der Waals surface area contributed by atoms with E-state index in [1.807, 2.05) is 6.92 Å². The fourth-order valence-corrected chi connectivity index (χ4v) is 2.10. The molecule has 1 fully saturated rings. The van der Waals surface area contributed by atoms with E-state index in [1.54, 1.807) is 0 Å². The van der Waals surface area contributed by atoms with Crippen LogP contribution in [-0.2, 0) is 4.74 Å². The van der Waals surface area contributed by atoms with Crippen LogP contribution in [-0.4, -0.2) is 34.9 Å². The van der Waals surface area contributed by atoms with Gasteiger partial charge >= 0.3 is 0 Å². The van der Waals surface area contributed by atoms with E-state index in [0.29, 0.717) is 6.61 Å². The van der Waals surface area contributed by atoms with Gasteiger partial charge in [0.15, 0.2) is 0 Å². The highest BCUT2D eigenvalue weighted by Gasteiger charge is 2.22. The summed E-state index contributed by atoms with van der Waals surface area (Å²) in [5.41, 5.74) is 0.0918. The highest BCUT2D eigenvalue weighted by molar-refractivity contribution is 5.97. The Balaban J connectivity index is 2.05. The van der Waals surface area contributed by atoms with Crippen LogP contribution in [0.1, 0.15) is 30.1 Å². The number of nitrogens with one attached hydrogen (secondary N) is 1. The molecule has 0 saturated carbocycles. The van der Waals surface area contributed by atoms with Crippen molar-refractivity contribution in [1.82, 2.24) is 5.32 Å². The minimum Gasteiger partial charge on any atom is -0.508 e. The monoisotopic (exact) mass is 251 g/mol. The Bertz CT molecular complexity index is 447. The van der Waals surface area contributed by atoms with Gasteiger partial charge in [0.1, 0.15) is 11.5 Å². The normalized spacial score (nSPS) is 23.6. The maximum absolute atomic E-state index is 12.0. The Labute approximate surface area is 105 Å². The van der Waals surface area contributed by atoms with E-state index < -0.39 is 0 Å². The van der Waals surface area contributed by atoms with Gasteiger partial charge in [-0.2, -0.15) is 0 Å². The highest BCUT2D eigenvalue weighted by atomic mass is 16.5. The second-order valence-electron chi connectivity index (χ2n) is 4.58. The fourth-order valence-electron chi connectivity index (χ4n) is 2.10. The molecule has 1 aromatic rings. The van der Waals surface area contributed by atoms with Crippen molar-refractivity contribution in [2.45, 2.75) is 31.9 Å². The molecular weight excluding hydrogens is 234 g/mol. The molecule has 3 N–H and O–H groups in total. The topological polar surface area (TPSA) is 78.8 Å². The Morgan fingerprint density at radius 1 is 1.44 bits per heavy atom. The number of carbonyl (C=O) groups excluding carboxylic acids is 1. The lowest BCUT2D eigenvalue weighted by atomic mass is 10.0. The van der Waals surface area contributed by atoms with Crippen LogP contribution in [0.4, 0.5) is 0 Å². The molecule has 2 rings (SSSR count). The summed E-state index contributed by atoms with van der Waals surface area (Å²) in [6, 6.07) is 3.94. The van der Waals surface area contributed by atoms with Crippen LogP contribution >= 0.6 is 0 Å². The summed E-state index contributed by atoms with van der Waals surface area (Å²) in [5, 5.41) is 21.8. The van der Waals surface area contributed by atoms with Gasteiger partial charge in [-0.1, -0.05) is 0 Å². The number of phenolic OH excluding ortho intramolecular Hbond substituents is 2. The summed E-state index contributed by atoms with van der Waals surface area (Å²) in [6.45, 7) is 2.59. The van der Waals surface area contributed by atoms with Gasteiger partial charge in [-0.3, -0.25) is 4.79 Å². The lowest BCUT2D eigenvalue weighted by Crippen LogP contribution is -2.41. The lowest BCUT2D eigenvalue weighted by molar-refractivity contribution is 0.0136. The van der Waals surface area contributed by atoms with Crippen LogP contribution in [0.25, 0.3) is 0 Å². The van der Waals surface area contributed by atoms with E-state index in [1.165, 1.54) is 18.2 Å². The number of phenols is 2. The number of hydrogen-bond acceptors (Lipinski definition) is 4. The molecule has 1 aliphatic rings. The van der Waals surface area contributed by atoms with Crippen molar-refractivity contribution >= 4 is 5.91 Å². The first-order valence-corrected chi connectivity index (χ1v) is 6.00. The second kappa shape index (κ2) is 5.27. The van der Waals surface area contributed by atoms with E-state index in [0.717, 1.165) is 12.8 Å². The average Bonchev–Trinajstić information content (AvgIpc) is 2.32. The van der Waals surface area contributed by atoms with Crippen molar-refractivity contribution in [2.75, 3.05) is 6.61 Å². The molecule has 0 bridgehead atoms. The number of rotatable bonds is 2. The summed E-state index contributed by atoms with van der Waals surface area (Å²) >= 11 is 0. The molecule has 98 valence electrons. The molecule has 18 heavy (non-hydrogen) atoms. The maximum atomic E-state index is 12.0. The van der Waals surface area contributed by atoms with Crippen molar-refractivity contribution in [1.29, 1.82) is 0 Å². The number of hydrogen-bond donors (Lipinski definition) is 3. The molecule has 1 aliphatic heterocycles. The van der Waals surface area contributed by atoms with Crippen LogP contribution < -0.4 is 5.32 Å². The van der Waals surface area contributed by atoms with Gasteiger partial charge in [0, 0.05) is 12.6 Å². The van der Waals surface area contributed by atoms with Crippen molar-refractivity contribution in [3.8, 4) is 11.5 Å². The quantitative estimate of drug-likeness (QED) is 0.694. The Hall–Kier alpha value is -1.75. The molecule has 1 aromatic carbocycles. The smallest absolute Gasteiger partial charge is 0.255 e. The predicted molar refractivity (Wildman–Crippen MR) is 65.7 cm³/mol. The second-order valence-corrected chi connectivity index (χ2v) is 4.58. The third kappa shape index (κ3) is 2.92. The third-order valence-electron chi connectivity index (χ3n) is 3.05. The van der Waals surface area contributed by atoms with Gasteiger partial charge in [-0.25, -0.2) is 0 Å². The van der Waals surface area contributed by atoms with Gasteiger partial charge in [0.2, 0.25) is 0 Å². The molecule has 0 aromatic heterocycles. The first-order chi connectivity index (χ1) is 8.56. The summed E-state index contributed by atoms with van der Waals surface area (Å²) in [7, 11) is 0. The number of benzene rings is 1. The zero-order valence-electron chi connectivity index (χ0n) is 10.2. The molecule has 5 nitrogen and oxygen atoms in total. The average molecular weight is 251 g/mol. The van der Waals surface area contributed by atoms with Crippen LogP contribution in [0.5, 0.6) is 11.5 Å². The highest BCUT2D eigenvalue weighted by Crippen LogP contribution is 2.22. The number of carbonyl (C=O) groups is 1. The Kier molecular flexibility index (Phi) is 3.72. The molecule has 2 unspecified atom stereocenters. The van der Waals surface area contributed by atoms with Crippen molar-refractivity contribution in [2.24, 2.45) is 0 Å². The number of ether oxygens (including phenoxy) is 1. The van der Waals surface area contributed by atoms with Gasteiger partial charge in [0.05, 0.1) is 11.7 Å². The van der Waals surface area contributed by atoms with Gasteiger partial charge in [0.25, 0.3) is 5.91 Å². The van der Waals surface area contributed by atoms with Crippen LogP contribution in [0.15, 0.2) is 18.2 Å². The first kappa shape index (κ1) is 12.7. The largest absolute Gasteiger partial charge is 0.508 e. The van der Waals surface area contributed by atoms with Crippen molar-refractivity contribution in [3.63, 3.8) is 0 Å². The number of aromatic hydroxyl groups is 2. The molecule has 1 amide bonds. The zero-order chi connectivity index (χ0) is 13.1. The van der Waals surface area contributed by atoms with Crippen molar-refractivity contribution < 1.29 is 19.7 Å². The summed E-state index contributed by atoms with van der Waals surface area (Å²) in [5.74, 6) is -0.550. The van der Waals surface area contributed by atoms with Crippen molar-refractivity contribution in [3.05, 3.63) is 23.8 Å². The molecule has 5 heteroatoms. The third-order valence-corrected chi connectivity index (χ3v) is 3.05. The first-order valence-electron chi connectivity index (χ1n) is 6.00. The minimum atomic E-state index is -0.373. The molecule has 2 atom stereocenters. The SMILES string of the molecule is CC1CC(NC(=O)c2cc(O)ccc2O)CCO1. The minimum absolute atomic E-state index is 0.0432. The van der Waals surface area contributed by atoms with Gasteiger partial charge in [-0.15, -0.1) is 0 Å². The van der Waals surface area contributed by atoms with E-state index >= 15 is 0 Å². The molecular formula is C13H17NO4. The Morgan fingerprint density at radius 2 is 2.22 bits per heavy atom. The van der Waals surface area contributed by atoms with Crippen LogP contribution in [0, 0.1) is 0 Å². The fraction of sp³-hybridized carbons (Fsp3) is 0.462. The van der Waals surface area contributed by atoms with E-state index in [-0.39, 0.29) is 35.1 Å².